The number of rotatable bonds is 2. The van der Waals surface area contributed by atoms with Crippen LogP contribution in [0.4, 0.5) is 8.78 Å². The van der Waals surface area contributed by atoms with Crippen molar-refractivity contribution in [1.82, 2.24) is 15.2 Å². The third-order valence-electron chi connectivity index (χ3n) is 2.04. The summed E-state index contributed by atoms with van der Waals surface area (Å²) in [7, 11) is 0. The maximum atomic E-state index is 13.3. The lowest BCUT2D eigenvalue weighted by molar-refractivity contribution is 0.585. The first-order chi connectivity index (χ1) is 7.20. The van der Waals surface area contributed by atoms with Gasteiger partial charge in [-0.25, -0.2) is 13.8 Å². The Morgan fingerprint density at radius 3 is 2.73 bits per heavy atom. The lowest BCUT2D eigenvalue weighted by Gasteiger charge is -1.96. The van der Waals surface area contributed by atoms with Gasteiger partial charge in [-0.15, -0.1) is 0 Å². The summed E-state index contributed by atoms with van der Waals surface area (Å²) in [4.78, 5) is 4.06. The third-order valence-corrected chi connectivity index (χ3v) is 2.04. The molecule has 0 fully saturated rings. The van der Waals surface area contributed by atoms with Gasteiger partial charge in [-0.3, -0.25) is 5.10 Å². The van der Waals surface area contributed by atoms with Gasteiger partial charge in [0.05, 0.1) is 5.56 Å². The summed E-state index contributed by atoms with van der Waals surface area (Å²) in [6.45, 7) is 1.91. The number of halogens is 2. The van der Waals surface area contributed by atoms with Crippen LogP contribution in [-0.2, 0) is 6.42 Å². The van der Waals surface area contributed by atoms with Crippen LogP contribution in [0.25, 0.3) is 11.4 Å². The predicted octanol–water partition coefficient (Wildman–Crippen LogP) is 2.31. The number of benzene rings is 1. The van der Waals surface area contributed by atoms with Crippen molar-refractivity contribution in [2.24, 2.45) is 0 Å². The van der Waals surface area contributed by atoms with E-state index in [2.05, 4.69) is 15.2 Å². The minimum atomic E-state index is -0.656. The van der Waals surface area contributed by atoms with Crippen molar-refractivity contribution in [2.45, 2.75) is 13.3 Å². The van der Waals surface area contributed by atoms with Crippen LogP contribution < -0.4 is 0 Å². The first-order valence-corrected chi connectivity index (χ1v) is 4.57. The topological polar surface area (TPSA) is 41.6 Å². The summed E-state index contributed by atoms with van der Waals surface area (Å²) in [6.07, 6.45) is 0.690. The van der Waals surface area contributed by atoms with E-state index >= 15 is 0 Å². The quantitative estimate of drug-likeness (QED) is 0.824. The van der Waals surface area contributed by atoms with Gasteiger partial charge in [-0.2, -0.15) is 5.10 Å². The Morgan fingerprint density at radius 1 is 1.33 bits per heavy atom. The number of nitrogens with one attached hydrogen (secondary N) is 1. The molecule has 5 heteroatoms. The smallest absolute Gasteiger partial charge is 0.184 e. The Bertz CT molecular complexity index is 479. The van der Waals surface area contributed by atoms with Gasteiger partial charge in [0, 0.05) is 12.5 Å². The summed E-state index contributed by atoms with van der Waals surface area (Å²) in [5, 5.41) is 6.52. The molecule has 0 aliphatic carbocycles. The van der Waals surface area contributed by atoms with Crippen LogP contribution in [0.15, 0.2) is 18.2 Å². The minimum absolute atomic E-state index is 0.201. The van der Waals surface area contributed by atoms with Gasteiger partial charge in [0.1, 0.15) is 17.5 Å². The van der Waals surface area contributed by atoms with Gasteiger partial charge in [0.15, 0.2) is 5.82 Å². The normalized spacial score (nSPS) is 10.6. The SMILES string of the molecule is CCc1nc(-c2ccc(F)cc2F)n[nH]1. The molecule has 0 amide bonds. The molecule has 2 aromatic rings. The van der Waals surface area contributed by atoms with Crippen molar-refractivity contribution >= 4 is 0 Å². The number of H-pyrrole nitrogens is 1. The van der Waals surface area contributed by atoms with Crippen LogP contribution in [0.1, 0.15) is 12.7 Å². The number of hydrogen-bond acceptors (Lipinski definition) is 2. The average molecular weight is 209 g/mol. The second-order valence-electron chi connectivity index (χ2n) is 3.08. The Hall–Kier alpha value is -1.78. The van der Waals surface area contributed by atoms with Crippen molar-refractivity contribution in [3.8, 4) is 11.4 Å². The molecule has 0 atom stereocenters. The van der Waals surface area contributed by atoms with Crippen molar-refractivity contribution in [3.63, 3.8) is 0 Å². The van der Waals surface area contributed by atoms with Crippen molar-refractivity contribution in [2.75, 3.05) is 0 Å². The highest BCUT2D eigenvalue weighted by atomic mass is 19.1. The molecule has 0 radical (unpaired) electrons. The molecule has 2 rings (SSSR count). The highest BCUT2D eigenvalue weighted by Crippen LogP contribution is 2.19. The van der Waals surface area contributed by atoms with E-state index in [0.29, 0.717) is 12.2 Å². The Labute approximate surface area is 85.2 Å². The van der Waals surface area contributed by atoms with Crippen LogP contribution in [-0.4, -0.2) is 15.2 Å². The Kier molecular flexibility index (Phi) is 2.45. The third kappa shape index (κ3) is 1.86. The first-order valence-electron chi connectivity index (χ1n) is 4.57. The van der Waals surface area contributed by atoms with Gasteiger partial charge >= 0.3 is 0 Å². The molecule has 1 aromatic heterocycles. The maximum Gasteiger partial charge on any atom is 0.184 e. The fourth-order valence-electron chi connectivity index (χ4n) is 1.24. The summed E-state index contributed by atoms with van der Waals surface area (Å²) in [6, 6.07) is 3.32. The second kappa shape index (κ2) is 3.76. The van der Waals surface area contributed by atoms with Crippen LogP contribution in [0.5, 0.6) is 0 Å². The fourth-order valence-corrected chi connectivity index (χ4v) is 1.24. The van der Waals surface area contributed by atoms with Crippen molar-refractivity contribution < 1.29 is 8.78 Å². The average Bonchev–Trinajstić information content (AvgIpc) is 2.66. The first kappa shape index (κ1) is 9.76. The molecule has 0 saturated heterocycles. The fraction of sp³-hybridized carbons (Fsp3) is 0.200. The highest BCUT2D eigenvalue weighted by Gasteiger charge is 2.10. The van der Waals surface area contributed by atoms with E-state index in [1.165, 1.54) is 12.1 Å². The van der Waals surface area contributed by atoms with Crippen molar-refractivity contribution in [3.05, 3.63) is 35.7 Å². The molecule has 1 aromatic carbocycles. The zero-order valence-corrected chi connectivity index (χ0v) is 8.09. The van der Waals surface area contributed by atoms with E-state index < -0.39 is 11.6 Å². The molecule has 3 nitrogen and oxygen atoms in total. The maximum absolute atomic E-state index is 13.3. The lowest BCUT2D eigenvalue weighted by Crippen LogP contribution is -1.88. The zero-order chi connectivity index (χ0) is 10.8. The summed E-state index contributed by atoms with van der Waals surface area (Å²) < 4.78 is 26.0. The molecule has 1 heterocycles. The molecular formula is C10H9F2N3. The number of hydrogen-bond donors (Lipinski definition) is 1. The molecule has 0 unspecified atom stereocenters. The van der Waals surface area contributed by atoms with E-state index in [1.807, 2.05) is 6.92 Å². The van der Waals surface area contributed by atoms with E-state index in [-0.39, 0.29) is 11.4 Å². The summed E-state index contributed by atoms with van der Waals surface area (Å²) in [5.41, 5.74) is 0.201. The van der Waals surface area contributed by atoms with Gasteiger partial charge < -0.3 is 0 Å². The van der Waals surface area contributed by atoms with Gasteiger partial charge in [-0.1, -0.05) is 6.92 Å². The lowest BCUT2D eigenvalue weighted by atomic mass is 10.2. The van der Waals surface area contributed by atoms with E-state index in [1.54, 1.807) is 0 Å². The molecule has 1 N–H and O–H groups in total. The minimum Gasteiger partial charge on any atom is -0.263 e. The molecule has 0 aliphatic heterocycles. The van der Waals surface area contributed by atoms with Crippen LogP contribution in [0.3, 0.4) is 0 Å². The molecular weight excluding hydrogens is 200 g/mol. The molecule has 0 saturated carbocycles. The molecule has 78 valence electrons. The standard InChI is InChI=1S/C10H9F2N3/c1-2-9-13-10(15-14-9)7-4-3-6(11)5-8(7)12/h3-5H,2H2,1H3,(H,13,14,15). The van der Waals surface area contributed by atoms with Gasteiger partial charge in [-0.05, 0) is 12.1 Å². The van der Waals surface area contributed by atoms with E-state index in [4.69, 9.17) is 0 Å². The number of nitrogens with zero attached hydrogens (tertiary/aromatic N) is 2. The predicted molar refractivity (Wildman–Crippen MR) is 51.1 cm³/mol. The van der Waals surface area contributed by atoms with Crippen LogP contribution in [0.2, 0.25) is 0 Å². The van der Waals surface area contributed by atoms with Crippen LogP contribution in [0, 0.1) is 11.6 Å². The largest absolute Gasteiger partial charge is 0.263 e. The Morgan fingerprint density at radius 2 is 2.13 bits per heavy atom. The highest BCUT2D eigenvalue weighted by molar-refractivity contribution is 5.55. The number of aryl methyl sites for hydroxylation is 1. The van der Waals surface area contributed by atoms with Crippen LogP contribution >= 0.6 is 0 Å². The van der Waals surface area contributed by atoms with Gasteiger partial charge in [0.2, 0.25) is 0 Å². The monoisotopic (exact) mass is 209 g/mol. The zero-order valence-electron chi connectivity index (χ0n) is 8.09. The van der Waals surface area contributed by atoms with E-state index in [0.717, 1.165) is 6.07 Å². The molecule has 0 bridgehead atoms. The number of aromatic nitrogens is 3. The summed E-state index contributed by atoms with van der Waals surface area (Å²) in [5.74, 6) is -0.336. The molecule has 0 spiro atoms. The Balaban J connectivity index is 2.44. The van der Waals surface area contributed by atoms with Gasteiger partial charge in [0.25, 0.3) is 0 Å². The van der Waals surface area contributed by atoms with E-state index in [9.17, 15) is 8.78 Å². The molecule has 15 heavy (non-hydrogen) atoms. The van der Waals surface area contributed by atoms with Crippen molar-refractivity contribution in [1.29, 1.82) is 0 Å². The summed E-state index contributed by atoms with van der Waals surface area (Å²) >= 11 is 0. The molecule has 0 aliphatic rings. The number of aromatic amines is 1. The second-order valence-corrected chi connectivity index (χ2v) is 3.08.